The highest BCUT2D eigenvalue weighted by Crippen LogP contribution is 2.29. The second-order valence-electron chi connectivity index (χ2n) is 10.6. The smallest absolute Gasteiger partial charge is 0.416 e. The van der Waals surface area contributed by atoms with E-state index in [1.165, 1.54) is 17.0 Å². The van der Waals surface area contributed by atoms with Crippen molar-refractivity contribution in [2.24, 2.45) is 0 Å². The van der Waals surface area contributed by atoms with Crippen LogP contribution in [0.5, 0.6) is 0 Å². The molecule has 2 amide bonds. The molecule has 0 bridgehead atoms. The number of urea groups is 1. The Bertz CT molecular complexity index is 1230. The minimum absolute atomic E-state index is 0.0771. The SMILES string of the molecule is O=C(OC(CCCc1cccnc1)CCCc1cccnc1)[C@@H]1CCCCN1C(=O)NCc1cccc(C(F)(F)F)c1. The molecule has 0 aliphatic carbocycles. The van der Waals surface area contributed by atoms with Crippen LogP contribution in [-0.4, -0.2) is 45.6 Å². The van der Waals surface area contributed by atoms with Crippen LogP contribution in [-0.2, 0) is 35.1 Å². The molecule has 0 saturated carbocycles. The normalized spacial score (nSPS) is 15.4. The number of benzene rings is 1. The van der Waals surface area contributed by atoms with Crippen molar-refractivity contribution in [3.8, 4) is 0 Å². The van der Waals surface area contributed by atoms with Gasteiger partial charge in [0.2, 0.25) is 0 Å². The van der Waals surface area contributed by atoms with Crippen LogP contribution in [0, 0.1) is 0 Å². The van der Waals surface area contributed by atoms with Crippen molar-refractivity contribution in [2.75, 3.05) is 6.54 Å². The van der Waals surface area contributed by atoms with E-state index in [1.807, 2.05) is 36.7 Å². The van der Waals surface area contributed by atoms with E-state index in [2.05, 4.69) is 15.3 Å². The summed E-state index contributed by atoms with van der Waals surface area (Å²) in [5.41, 5.74) is 1.80. The van der Waals surface area contributed by atoms with E-state index in [0.29, 0.717) is 31.4 Å². The Hall–Kier alpha value is -3.95. The number of piperidine rings is 1. The van der Waals surface area contributed by atoms with E-state index in [-0.39, 0.29) is 12.6 Å². The average Bonchev–Trinajstić information content (AvgIpc) is 3.00. The van der Waals surface area contributed by atoms with Gasteiger partial charge in [-0.25, -0.2) is 9.59 Å². The molecule has 0 unspecified atom stereocenters. The highest BCUT2D eigenvalue weighted by atomic mass is 19.4. The average molecular weight is 583 g/mol. The molecular formula is C32H37F3N4O3. The lowest BCUT2D eigenvalue weighted by atomic mass is 10.0. The van der Waals surface area contributed by atoms with Crippen LogP contribution < -0.4 is 5.32 Å². The Morgan fingerprint density at radius 2 is 1.57 bits per heavy atom. The lowest BCUT2D eigenvalue weighted by Crippen LogP contribution is -2.52. The van der Waals surface area contributed by atoms with E-state index < -0.39 is 29.8 Å². The van der Waals surface area contributed by atoms with Gasteiger partial charge in [0.05, 0.1) is 5.56 Å². The Kier molecular flexibility index (Phi) is 11.3. The molecule has 1 aliphatic heterocycles. The lowest BCUT2D eigenvalue weighted by Gasteiger charge is -2.35. The Morgan fingerprint density at radius 3 is 2.17 bits per heavy atom. The van der Waals surface area contributed by atoms with E-state index in [0.717, 1.165) is 61.8 Å². The number of amides is 2. The van der Waals surface area contributed by atoms with E-state index in [4.69, 9.17) is 4.74 Å². The molecule has 0 spiro atoms. The number of likely N-dealkylation sites (tertiary alicyclic amines) is 1. The predicted octanol–water partition coefficient (Wildman–Crippen LogP) is 6.52. The third kappa shape index (κ3) is 9.56. The first-order chi connectivity index (χ1) is 20.3. The summed E-state index contributed by atoms with van der Waals surface area (Å²) in [5.74, 6) is -0.434. The number of ether oxygens (including phenoxy) is 1. The van der Waals surface area contributed by atoms with Gasteiger partial charge in [-0.2, -0.15) is 13.2 Å². The minimum atomic E-state index is -4.46. The molecule has 1 saturated heterocycles. The van der Waals surface area contributed by atoms with Crippen molar-refractivity contribution in [1.29, 1.82) is 0 Å². The lowest BCUT2D eigenvalue weighted by molar-refractivity contribution is -0.156. The van der Waals surface area contributed by atoms with Gasteiger partial charge in [-0.1, -0.05) is 24.3 Å². The highest BCUT2D eigenvalue weighted by Gasteiger charge is 2.35. The zero-order valence-corrected chi connectivity index (χ0v) is 23.6. The molecule has 1 fully saturated rings. The van der Waals surface area contributed by atoms with E-state index in [1.54, 1.807) is 12.4 Å². The van der Waals surface area contributed by atoms with Gasteiger partial charge in [-0.3, -0.25) is 9.97 Å². The fourth-order valence-corrected chi connectivity index (χ4v) is 5.22. The Balaban J connectivity index is 1.35. The molecule has 7 nitrogen and oxygen atoms in total. The van der Waals surface area contributed by atoms with Crippen LogP contribution in [0.15, 0.2) is 73.3 Å². The molecule has 42 heavy (non-hydrogen) atoms. The third-order valence-corrected chi connectivity index (χ3v) is 7.45. The maximum atomic E-state index is 13.4. The number of nitrogens with one attached hydrogen (secondary N) is 1. The maximum absolute atomic E-state index is 13.4. The number of hydrogen-bond acceptors (Lipinski definition) is 5. The molecule has 2 aromatic heterocycles. The number of aryl methyl sites for hydroxylation is 2. The molecule has 3 heterocycles. The molecular weight excluding hydrogens is 545 g/mol. The molecule has 1 atom stereocenters. The van der Waals surface area contributed by atoms with Crippen molar-refractivity contribution < 1.29 is 27.5 Å². The number of aromatic nitrogens is 2. The summed E-state index contributed by atoms with van der Waals surface area (Å²) in [7, 11) is 0. The summed E-state index contributed by atoms with van der Waals surface area (Å²) in [6, 6.07) is 11.5. The topological polar surface area (TPSA) is 84.4 Å². The van der Waals surface area contributed by atoms with Gasteiger partial charge >= 0.3 is 18.2 Å². The number of nitrogens with zero attached hydrogens (tertiary/aromatic N) is 3. The first kappa shape index (κ1) is 31.0. The number of alkyl halides is 3. The summed E-state index contributed by atoms with van der Waals surface area (Å²) in [5, 5.41) is 2.69. The highest BCUT2D eigenvalue weighted by molar-refractivity contribution is 5.84. The van der Waals surface area contributed by atoms with Crippen molar-refractivity contribution in [1.82, 2.24) is 20.2 Å². The second kappa shape index (κ2) is 15.3. The monoisotopic (exact) mass is 582 g/mol. The first-order valence-corrected chi connectivity index (χ1v) is 14.5. The molecule has 0 radical (unpaired) electrons. The molecule has 1 N–H and O–H groups in total. The summed E-state index contributed by atoms with van der Waals surface area (Å²) in [4.78, 5) is 36.3. The number of carbonyl (C=O) groups is 2. The molecule has 224 valence electrons. The standard InChI is InChI=1S/C32H37F3N4O3/c33-32(34,35)27-13-3-10-26(20-27)23-38-31(41)39-19-2-1-16-29(39)30(40)42-28(14-4-8-24-11-6-17-36-21-24)15-5-9-25-12-7-18-37-22-25/h3,6-7,10-13,17-18,20-22,28-29H,1-2,4-5,8-9,14-16,19,23H2,(H,38,41)/t29-/m0/s1. The van der Waals surface area contributed by atoms with Crippen LogP contribution in [0.4, 0.5) is 18.0 Å². The summed E-state index contributed by atoms with van der Waals surface area (Å²) in [6.45, 7) is 0.299. The number of carbonyl (C=O) groups excluding carboxylic acids is 2. The Morgan fingerprint density at radius 1 is 0.929 bits per heavy atom. The van der Waals surface area contributed by atoms with Crippen LogP contribution in [0.25, 0.3) is 0 Å². The largest absolute Gasteiger partial charge is 0.461 e. The van der Waals surface area contributed by atoms with Crippen molar-refractivity contribution in [3.63, 3.8) is 0 Å². The third-order valence-electron chi connectivity index (χ3n) is 7.45. The van der Waals surface area contributed by atoms with Crippen LogP contribution >= 0.6 is 0 Å². The van der Waals surface area contributed by atoms with Gasteiger partial charge in [0.1, 0.15) is 12.1 Å². The van der Waals surface area contributed by atoms with Gasteiger partial charge in [0, 0.05) is 37.9 Å². The zero-order chi connectivity index (χ0) is 29.8. The summed E-state index contributed by atoms with van der Waals surface area (Å²) >= 11 is 0. The number of rotatable bonds is 12. The molecule has 1 aromatic carbocycles. The van der Waals surface area contributed by atoms with E-state index >= 15 is 0 Å². The van der Waals surface area contributed by atoms with Crippen molar-refractivity contribution >= 4 is 12.0 Å². The minimum Gasteiger partial charge on any atom is -0.461 e. The van der Waals surface area contributed by atoms with Crippen LogP contribution in [0.2, 0.25) is 0 Å². The second-order valence-corrected chi connectivity index (χ2v) is 10.6. The molecule has 1 aliphatic rings. The zero-order valence-electron chi connectivity index (χ0n) is 23.6. The van der Waals surface area contributed by atoms with Gasteiger partial charge in [-0.05, 0) is 98.7 Å². The van der Waals surface area contributed by atoms with E-state index in [9.17, 15) is 22.8 Å². The van der Waals surface area contributed by atoms with Crippen LogP contribution in [0.3, 0.4) is 0 Å². The fourth-order valence-electron chi connectivity index (χ4n) is 5.22. The molecule has 3 aromatic rings. The molecule has 4 rings (SSSR count). The summed E-state index contributed by atoms with van der Waals surface area (Å²) < 4.78 is 45.3. The fraction of sp³-hybridized carbons (Fsp3) is 0.438. The molecule has 10 heteroatoms. The summed E-state index contributed by atoms with van der Waals surface area (Å²) in [6.07, 6.45) is 9.01. The Labute approximate surface area is 244 Å². The van der Waals surface area contributed by atoms with Crippen LogP contribution in [0.1, 0.15) is 67.2 Å². The van der Waals surface area contributed by atoms with Gasteiger partial charge in [-0.15, -0.1) is 0 Å². The maximum Gasteiger partial charge on any atom is 0.416 e. The van der Waals surface area contributed by atoms with Gasteiger partial charge in [0.15, 0.2) is 0 Å². The number of esters is 1. The van der Waals surface area contributed by atoms with Crippen molar-refractivity contribution in [2.45, 2.75) is 82.7 Å². The quantitative estimate of drug-likeness (QED) is 0.246. The predicted molar refractivity (Wildman–Crippen MR) is 152 cm³/mol. The van der Waals surface area contributed by atoms with Crippen molar-refractivity contribution in [3.05, 3.63) is 95.6 Å². The van der Waals surface area contributed by atoms with Gasteiger partial charge < -0.3 is 15.0 Å². The first-order valence-electron chi connectivity index (χ1n) is 14.5. The van der Waals surface area contributed by atoms with Gasteiger partial charge in [0.25, 0.3) is 0 Å². The number of halogens is 3. The number of pyridine rings is 2. The number of hydrogen-bond donors (Lipinski definition) is 1.